The largest absolute Gasteiger partial charge is 0.377 e. The summed E-state index contributed by atoms with van der Waals surface area (Å²) in [6.07, 6.45) is 2.67. The zero-order chi connectivity index (χ0) is 16.2. The Morgan fingerprint density at radius 2 is 2.27 bits per heavy atom. The monoisotopic (exact) mass is 346 g/mol. The third kappa shape index (κ3) is 5.24. The van der Waals surface area contributed by atoms with Gasteiger partial charge in [-0.25, -0.2) is 8.42 Å². The second-order valence-corrected chi connectivity index (χ2v) is 7.67. The molecule has 1 unspecified atom stereocenters. The van der Waals surface area contributed by atoms with Crippen molar-refractivity contribution < 1.29 is 17.9 Å². The third-order valence-corrected chi connectivity index (χ3v) is 4.78. The van der Waals surface area contributed by atoms with Crippen LogP contribution in [0.2, 0.25) is 5.02 Å². The molecule has 8 heteroatoms. The highest BCUT2D eigenvalue weighted by molar-refractivity contribution is 7.88. The number of hydrogen-bond acceptors (Lipinski definition) is 4. The Labute approximate surface area is 135 Å². The van der Waals surface area contributed by atoms with E-state index in [0.29, 0.717) is 17.3 Å². The van der Waals surface area contributed by atoms with Crippen molar-refractivity contribution in [3.05, 3.63) is 29.3 Å². The molecular weight excluding hydrogens is 328 g/mol. The predicted molar refractivity (Wildman–Crippen MR) is 85.5 cm³/mol. The molecule has 1 aliphatic rings. The van der Waals surface area contributed by atoms with Crippen molar-refractivity contribution in [2.24, 2.45) is 0 Å². The molecule has 122 valence electrons. The van der Waals surface area contributed by atoms with Crippen LogP contribution in [0.4, 0.5) is 5.69 Å². The summed E-state index contributed by atoms with van der Waals surface area (Å²) in [5, 5.41) is 3.14. The van der Waals surface area contributed by atoms with Gasteiger partial charge in [-0.05, 0) is 31.0 Å². The standard InChI is InChI=1S/C14H19ClN2O4S/c1-22(19,20)17(9-13-6-3-7-21-13)10-14(18)16-12-5-2-4-11(15)8-12/h2,4-5,8,13H,3,6-7,9-10H2,1H3,(H,16,18). The Hall–Kier alpha value is -1.15. The molecule has 1 atom stereocenters. The molecule has 0 bridgehead atoms. The summed E-state index contributed by atoms with van der Waals surface area (Å²) in [7, 11) is -3.48. The van der Waals surface area contributed by atoms with Gasteiger partial charge in [-0.15, -0.1) is 0 Å². The first kappa shape index (κ1) is 17.2. The lowest BCUT2D eigenvalue weighted by Crippen LogP contribution is -2.41. The number of nitrogens with zero attached hydrogens (tertiary/aromatic N) is 1. The van der Waals surface area contributed by atoms with Crippen LogP contribution in [0.3, 0.4) is 0 Å². The lowest BCUT2D eigenvalue weighted by atomic mass is 10.2. The van der Waals surface area contributed by atoms with E-state index in [-0.39, 0.29) is 19.2 Å². The van der Waals surface area contributed by atoms with Crippen molar-refractivity contribution in [2.75, 3.05) is 31.3 Å². The minimum absolute atomic E-state index is 0.145. The fourth-order valence-corrected chi connectivity index (χ4v) is 3.24. The van der Waals surface area contributed by atoms with E-state index >= 15 is 0 Å². The van der Waals surface area contributed by atoms with E-state index in [1.165, 1.54) is 0 Å². The minimum Gasteiger partial charge on any atom is -0.377 e. The van der Waals surface area contributed by atoms with Gasteiger partial charge in [0.05, 0.1) is 18.9 Å². The van der Waals surface area contributed by atoms with E-state index in [2.05, 4.69) is 5.32 Å². The van der Waals surface area contributed by atoms with E-state index < -0.39 is 15.9 Å². The molecule has 22 heavy (non-hydrogen) atoms. The van der Waals surface area contributed by atoms with Gasteiger partial charge in [-0.2, -0.15) is 4.31 Å². The Balaban J connectivity index is 1.98. The molecule has 1 heterocycles. The molecule has 2 rings (SSSR count). The van der Waals surface area contributed by atoms with Crippen molar-refractivity contribution in [3.8, 4) is 0 Å². The number of nitrogens with one attached hydrogen (secondary N) is 1. The molecule has 1 amide bonds. The second-order valence-electron chi connectivity index (χ2n) is 5.25. The van der Waals surface area contributed by atoms with Crippen LogP contribution in [-0.4, -0.2) is 50.7 Å². The number of anilines is 1. The zero-order valence-corrected chi connectivity index (χ0v) is 13.9. The van der Waals surface area contributed by atoms with Crippen LogP contribution in [-0.2, 0) is 19.6 Å². The second kappa shape index (κ2) is 7.41. The topological polar surface area (TPSA) is 75.7 Å². The van der Waals surface area contributed by atoms with Gasteiger partial charge < -0.3 is 10.1 Å². The smallest absolute Gasteiger partial charge is 0.239 e. The van der Waals surface area contributed by atoms with Crippen molar-refractivity contribution in [3.63, 3.8) is 0 Å². The molecule has 6 nitrogen and oxygen atoms in total. The maximum atomic E-state index is 12.1. The van der Waals surface area contributed by atoms with E-state index in [1.807, 2.05) is 0 Å². The molecule has 0 aromatic heterocycles. The van der Waals surface area contributed by atoms with Crippen molar-refractivity contribution in [1.82, 2.24) is 4.31 Å². The normalized spacial score (nSPS) is 18.6. The van der Waals surface area contributed by atoms with Crippen molar-refractivity contribution in [2.45, 2.75) is 18.9 Å². The summed E-state index contributed by atoms with van der Waals surface area (Å²) in [6, 6.07) is 6.69. The van der Waals surface area contributed by atoms with Crippen LogP contribution in [0.15, 0.2) is 24.3 Å². The predicted octanol–water partition coefficient (Wildman–Crippen LogP) is 1.72. The maximum absolute atomic E-state index is 12.1. The summed E-state index contributed by atoms with van der Waals surface area (Å²) in [5.74, 6) is -0.411. The molecule has 1 saturated heterocycles. The van der Waals surface area contributed by atoms with Gasteiger partial charge in [0, 0.05) is 23.9 Å². The lowest BCUT2D eigenvalue weighted by molar-refractivity contribution is -0.116. The zero-order valence-electron chi connectivity index (χ0n) is 12.3. The number of sulfonamides is 1. The highest BCUT2D eigenvalue weighted by atomic mass is 35.5. The maximum Gasteiger partial charge on any atom is 0.239 e. The summed E-state index contributed by atoms with van der Waals surface area (Å²) in [6.45, 7) is 0.587. The third-order valence-electron chi connectivity index (χ3n) is 3.33. The van der Waals surface area contributed by atoms with Crippen LogP contribution >= 0.6 is 11.6 Å². The number of benzene rings is 1. The van der Waals surface area contributed by atoms with Gasteiger partial charge in [0.1, 0.15) is 0 Å². The van der Waals surface area contributed by atoms with Gasteiger partial charge >= 0.3 is 0 Å². The van der Waals surface area contributed by atoms with Gasteiger partial charge in [0.15, 0.2) is 0 Å². The minimum atomic E-state index is -3.48. The number of hydrogen-bond donors (Lipinski definition) is 1. The van der Waals surface area contributed by atoms with E-state index in [9.17, 15) is 13.2 Å². The Bertz CT molecular complexity index is 629. The molecule has 0 radical (unpaired) electrons. The fraction of sp³-hybridized carbons (Fsp3) is 0.500. The van der Waals surface area contributed by atoms with Crippen LogP contribution in [0.5, 0.6) is 0 Å². The molecule has 0 aliphatic carbocycles. The first-order valence-corrected chi connectivity index (χ1v) is 9.19. The molecule has 0 spiro atoms. The molecular formula is C14H19ClN2O4S. The van der Waals surface area contributed by atoms with E-state index in [0.717, 1.165) is 23.4 Å². The van der Waals surface area contributed by atoms with Crippen molar-refractivity contribution >= 4 is 33.2 Å². The summed E-state index contributed by atoms with van der Waals surface area (Å²) in [4.78, 5) is 12.1. The molecule has 1 aromatic rings. The highest BCUT2D eigenvalue weighted by Gasteiger charge is 2.26. The summed E-state index contributed by atoms with van der Waals surface area (Å²) < 4.78 is 30.2. The van der Waals surface area contributed by atoms with E-state index in [4.69, 9.17) is 16.3 Å². The van der Waals surface area contributed by atoms with Gasteiger partial charge in [0.25, 0.3) is 0 Å². The number of ether oxygens (including phenoxy) is 1. The van der Waals surface area contributed by atoms with Crippen molar-refractivity contribution in [1.29, 1.82) is 0 Å². The number of rotatable bonds is 6. The van der Waals surface area contributed by atoms with Crippen LogP contribution in [0.25, 0.3) is 0 Å². The molecule has 1 N–H and O–H groups in total. The van der Waals surface area contributed by atoms with E-state index in [1.54, 1.807) is 24.3 Å². The number of carbonyl (C=O) groups is 1. The first-order valence-electron chi connectivity index (χ1n) is 6.97. The van der Waals surface area contributed by atoms with Gasteiger partial charge in [-0.1, -0.05) is 17.7 Å². The van der Waals surface area contributed by atoms with Crippen LogP contribution in [0.1, 0.15) is 12.8 Å². The van der Waals surface area contributed by atoms with Crippen LogP contribution in [0, 0.1) is 0 Å². The first-order chi connectivity index (χ1) is 10.3. The number of amides is 1. The summed E-state index contributed by atoms with van der Waals surface area (Å²) >= 11 is 5.85. The Morgan fingerprint density at radius 3 is 2.86 bits per heavy atom. The molecule has 1 aromatic carbocycles. The molecule has 1 fully saturated rings. The SMILES string of the molecule is CS(=O)(=O)N(CC(=O)Nc1cccc(Cl)c1)CC1CCCO1. The lowest BCUT2D eigenvalue weighted by Gasteiger charge is -2.22. The average Bonchev–Trinajstić information content (AvgIpc) is 2.89. The van der Waals surface area contributed by atoms with Gasteiger partial charge in [0.2, 0.25) is 15.9 Å². The number of halogens is 1. The Kier molecular flexibility index (Phi) is 5.80. The average molecular weight is 347 g/mol. The summed E-state index contributed by atoms with van der Waals surface area (Å²) in [5.41, 5.74) is 0.531. The van der Waals surface area contributed by atoms with Gasteiger partial charge in [-0.3, -0.25) is 4.79 Å². The quantitative estimate of drug-likeness (QED) is 0.851. The molecule has 1 aliphatic heterocycles. The van der Waals surface area contributed by atoms with Crippen LogP contribution < -0.4 is 5.32 Å². The molecule has 0 saturated carbocycles. The fourth-order valence-electron chi connectivity index (χ4n) is 2.26. The number of carbonyl (C=O) groups excluding carboxylic acids is 1. The Morgan fingerprint density at radius 1 is 1.50 bits per heavy atom. The highest BCUT2D eigenvalue weighted by Crippen LogP contribution is 2.16.